The van der Waals surface area contributed by atoms with Gasteiger partial charge in [0.1, 0.15) is 11.6 Å². The van der Waals surface area contributed by atoms with Crippen molar-refractivity contribution in [3.05, 3.63) is 24.2 Å². The number of nitrogen functional groups attached to an aromatic ring is 1. The maximum absolute atomic E-state index is 6.02. The molecule has 14 heavy (non-hydrogen) atoms. The number of anilines is 1. The minimum Gasteiger partial charge on any atom is -0.384 e. The molecule has 3 nitrogen and oxygen atoms in total. The average Bonchev–Trinajstić information content (AvgIpc) is 2.96. The molecule has 1 heterocycles. The van der Waals surface area contributed by atoms with Gasteiger partial charge in [0.15, 0.2) is 0 Å². The number of aryl methyl sites for hydroxylation is 1. The van der Waals surface area contributed by atoms with Gasteiger partial charge >= 0.3 is 0 Å². The van der Waals surface area contributed by atoms with Crippen molar-refractivity contribution in [2.45, 2.75) is 38.6 Å². The van der Waals surface area contributed by atoms with E-state index >= 15 is 0 Å². The van der Waals surface area contributed by atoms with Crippen molar-refractivity contribution in [1.82, 2.24) is 9.55 Å². The predicted molar refractivity (Wildman–Crippen MR) is 58.2 cm³/mol. The summed E-state index contributed by atoms with van der Waals surface area (Å²) in [5.74, 6) is 2.64. The van der Waals surface area contributed by atoms with E-state index in [9.17, 15) is 0 Å². The molecule has 2 rings (SSSR count). The van der Waals surface area contributed by atoms with Gasteiger partial charge in [-0.15, -0.1) is 6.58 Å². The van der Waals surface area contributed by atoms with Gasteiger partial charge < -0.3 is 10.3 Å². The molecule has 1 aliphatic carbocycles. The molecule has 0 bridgehead atoms. The van der Waals surface area contributed by atoms with Gasteiger partial charge in [-0.2, -0.15) is 0 Å². The van der Waals surface area contributed by atoms with Crippen LogP contribution < -0.4 is 5.73 Å². The summed E-state index contributed by atoms with van der Waals surface area (Å²) >= 11 is 0. The van der Waals surface area contributed by atoms with Crippen LogP contribution >= 0.6 is 0 Å². The fourth-order valence-electron chi connectivity index (χ4n) is 1.77. The van der Waals surface area contributed by atoms with Crippen molar-refractivity contribution >= 4 is 5.82 Å². The zero-order valence-corrected chi connectivity index (χ0v) is 8.66. The summed E-state index contributed by atoms with van der Waals surface area (Å²) in [6.45, 7) is 6.62. The van der Waals surface area contributed by atoms with E-state index in [2.05, 4.69) is 23.1 Å². The Morgan fingerprint density at radius 3 is 2.86 bits per heavy atom. The molecule has 0 radical (unpaired) electrons. The summed E-state index contributed by atoms with van der Waals surface area (Å²) < 4.78 is 2.10. The van der Waals surface area contributed by atoms with E-state index in [4.69, 9.17) is 5.73 Å². The van der Waals surface area contributed by atoms with Crippen LogP contribution in [0.15, 0.2) is 12.7 Å². The Kier molecular flexibility index (Phi) is 2.32. The van der Waals surface area contributed by atoms with E-state index in [1.165, 1.54) is 18.7 Å². The second-order valence-corrected chi connectivity index (χ2v) is 3.83. The summed E-state index contributed by atoms with van der Waals surface area (Å²) in [5.41, 5.74) is 7.05. The lowest BCUT2D eigenvalue weighted by Crippen LogP contribution is -2.05. The van der Waals surface area contributed by atoms with Gasteiger partial charge in [-0.3, -0.25) is 0 Å². The third-order valence-corrected chi connectivity index (χ3v) is 2.70. The standard InChI is InChI=1S/C11H17N3/c1-3-7-14-10(12)9(4-2)13-11(14)8-5-6-8/h3,8H,1,4-7,12H2,2H3. The number of allylic oxidation sites excluding steroid dienone is 1. The van der Waals surface area contributed by atoms with Gasteiger partial charge in [0.25, 0.3) is 0 Å². The highest BCUT2D eigenvalue weighted by atomic mass is 15.1. The number of imidazole rings is 1. The summed E-state index contributed by atoms with van der Waals surface area (Å²) in [5, 5.41) is 0. The normalized spacial score (nSPS) is 15.8. The van der Waals surface area contributed by atoms with Crippen LogP contribution in [0.25, 0.3) is 0 Å². The van der Waals surface area contributed by atoms with Crippen LogP contribution in [0.2, 0.25) is 0 Å². The van der Waals surface area contributed by atoms with Crippen LogP contribution in [0.5, 0.6) is 0 Å². The quantitative estimate of drug-likeness (QED) is 0.740. The Morgan fingerprint density at radius 1 is 1.64 bits per heavy atom. The van der Waals surface area contributed by atoms with Gasteiger partial charge in [0.05, 0.1) is 5.69 Å². The van der Waals surface area contributed by atoms with Gasteiger partial charge in [-0.25, -0.2) is 4.98 Å². The Labute approximate surface area is 84.6 Å². The number of hydrogen-bond donors (Lipinski definition) is 1. The zero-order chi connectivity index (χ0) is 10.1. The van der Waals surface area contributed by atoms with Crippen molar-refractivity contribution in [3.8, 4) is 0 Å². The van der Waals surface area contributed by atoms with Crippen molar-refractivity contribution in [2.75, 3.05) is 5.73 Å². The molecule has 0 atom stereocenters. The highest BCUT2D eigenvalue weighted by Gasteiger charge is 2.29. The number of hydrogen-bond acceptors (Lipinski definition) is 2. The predicted octanol–water partition coefficient (Wildman–Crippen LogP) is 2.09. The summed E-state index contributed by atoms with van der Waals surface area (Å²) in [4.78, 5) is 4.60. The second-order valence-electron chi connectivity index (χ2n) is 3.83. The molecule has 1 aliphatic rings. The largest absolute Gasteiger partial charge is 0.384 e. The number of nitrogens with zero attached hydrogens (tertiary/aromatic N) is 2. The van der Waals surface area contributed by atoms with E-state index in [0.29, 0.717) is 5.92 Å². The SMILES string of the molecule is C=CCn1c(C2CC2)nc(CC)c1N. The molecule has 1 aromatic heterocycles. The average molecular weight is 191 g/mol. The van der Waals surface area contributed by atoms with Gasteiger partial charge in [-0.05, 0) is 19.3 Å². The molecule has 2 N–H and O–H groups in total. The smallest absolute Gasteiger partial charge is 0.127 e. The minimum absolute atomic E-state index is 0.651. The Bertz CT molecular complexity index is 348. The van der Waals surface area contributed by atoms with Crippen molar-refractivity contribution in [1.29, 1.82) is 0 Å². The number of aromatic nitrogens is 2. The van der Waals surface area contributed by atoms with Crippen molar-refractivity contribution < 1.29 is 0 Å². The van der Waals surface area contributed by atoms with E-state index in [-0.39, 0.29) is 0 Å². The van der Waals surface area contributed by atoms with Gasteiger partial charge in [0, 0.05) is 12.5 Å². The third-order valence-electron chi connectivity index (χ3n) is 2.70. The molecular weight excluding hydrogens is 174 g/mol. The van der Waals surface area contributed by atoms with Gasteiger partial charge in [-0.1, -0.05) is 13.0 Å². The van der Waals surface area contributed by atoms with E-state index in [1.807, 2.05) is 6.08 Å². The Balaban J connectivity index is 2.40. The van der Waals surface area contributed by atoms with Crippen LogP contribution in [-0.2, 0) is 13.0 Å². The first-order chi connectivity index (χ1) is 6.77. The van der Waals surface area contributed by atoms with Crippen LogP contribution in [0.1, 0.15) is 37.2 Å². The highest BCUT2D eigenvalue weighted by Crippen LogP contribution is 2.40. The van der Waals surface area contributed by atoms with E-state index in [0.717, 1.165) is 24.5 Å². The minimum atomic E-state index is 0.651. The van der Waals surface area contributed by atoms with Crippen LogP contribution in [-0.4, -0.2) is 9.55 Å². The maximum Gasteiger partial charge on any atom is 0.127 e. The summed E-state index contributed by atoms with van der Waals surface area (Å²) in [6.07, 6.45) is 5.31. The summed E-state index contributed by atoms with van der Waals surface area (Å²) in [6, 6.07) is 0. The van der Waals surface area contributed by atoms with E-state index < -0.39 is 0 Å². The molecule has 1 saturated carbocycles. The molecule has 1 aromatic rings. The van der Waals surface area contributed by atoms with E-state index in [1.54, 1.807) is 0 Å². The third kappa shape index (κ3) is 1.43. The fraction of sp³-hybridized carbons (Fsp3) is 0.545. The molecule has 0 aliphatic heterocycles. The van der Waals surface area contributed by atoms with Crippen LogP contribution in [0, 0.1) is 0 Å². The lowest BCUT2D eigenvalue weighted by atomic mass is 10.3. The second kappa shape index (κ2) is 3.48. The lowest BCUT2D eigenvalue weighted by molar-refractivity contribution is 0.750. The topological polar surface area (TPSA) is 43.8 Å². The Hall–Kier alpha value is -1.25. The molecule has 76 valence electrons. The molecular formula is C11H17N3. The lowest BCUT2D eigenvalue weighted by Gasteiger charge is -2.05. The van der Waals surface area contributed by atoms with Crippen LogP contribution in [0.3, 0.4) is 0 Å². The first-order valence-corrected chi connectivity index (χ1v) is 5.23. The van der Waals surface area contributed by atoms with Gasteiger partial charge in [0.2, 0.25) is 0 Å². The highest BCUT2D eigenvalue weighted by molar-refractivity contribution is 5.40. The first-order valence-electron chi connectivity index (χ1n) is 5.23. The number of rotatable bonds is 4. The number of nitrogens with two attached hydrogens (primary N) is 1. The van der Waals surface area contributed by atoms with Crippen molar-refractivity contribution in [2.24, 2.45) is 0 Å². The molecule has 0 unspecified atom stereocenters. The maximum atomic E-state index is 6.02. The Morgan fingerprint density at radius 2 is 2.36 bits per heavy atom. The molecule has 0 spiro atoms. The fourth-order valence-corrected chi connectivity index (χ4v) is 1.77. The first kappa shape index (κ1) is 9.31. The molecule has 0 saturated heterocycles. The molecule has 0 amide bonds. The molecule has 0 aromatic carbocycles. The van der Waals surface area contributed by atoms with Crippen LogP contribution in [0.4, 0.5) is 5.82 Å². The molecule has 3 heteroatoms. The molecule has 1 fully saturated rings. The van der Waals surface area contributed by atoms with Crippen molar-refractivity contribution in [3.63, 3.8) is 0 Å². The zero-order valence-electron chi connectivity index (χ0n) is 8.66. The summed E-state index contributed by atoms with van der Waals surface area (Å²) in [7, 11) is 0. The monoisotopic (exact) mass is 191 g/mol.